The summed E-state index contributed by atoms with van der Waals surface area (Å²) < 4.78 is 0.876. The predicted octanol–water partition coefficient (Wildman–Crippen LogP) is 2.23. The first kappa shape index (κ1) is 27.5. The molecule has 3 unspecified atom stereocenters. The van der Waals surface area contributed by atoms with Gasteiger partial charge in [-0.1, -0.05) is 26.0 Å². The largest absolute Gasteiger partial charge is 0.356 e. The van der Waals surface area contributed by atoms with Gasteiger partial charge in [0.05, 0.1) is 22.2 Å². The summed E-state index contributed by atoms with van der Waals surface area (Å²) in [5.41, 5.74) is 0.617. The summed E-state index contributed by atoms with van der Waals surface area (Å²) in [5, 5.41) is 6.12. The second-order valence-corrected chi connectivity index (χ2v) is 14.5. The van der Waals surface area contributed by atoms with Gasteiger partial charge >= 0.3 is 0 Å². The van der Waals surface area contributed by atoms with E-state index < -0.39 is 18.0 Å². The number of hydrogen-bond donors (Lipinski definition) is 2. The van der Waals surface area contributed by atoms with Gasteiger partial charge in [-0.25, -0.2) is 4.98 Å². The maximum absolute atomic E-state index is 14.1. The Morgan fingerprint density at radius 3 is 2.64 bits per heavy atom. The molecule has 2 aromatic rings. The van der Waals surface area contributed by atoms with Crippen LogP contribution in [0.15, 0.2) is 24.3 Å². The summed E-state index contributed by atoms with van der Waals surface area (Å²) in [6.07, 6.45) is 3.22. The van der Waals surface area contributed by atoms with Crippen molar-refractivity contribution in [1.82, 2.24) is 25.4 Å². The van der Waals surface area contributed by atoms with E-state index >= 15 is 0 Å². The number of thiazole rings is 1. The minimum atomic E-state index is -0.938. The minimum Gasteiger partial charge on any atom is -0.356 e. The molecule has 3 aliphatic heterocycles. The molecule has 4 heterocycles. The number of rotatable bonds is 9. The lowest BCUT2D eigenvalue weighted by molar-refractivity contribution is -0.143. The highest BCUT2D eigenvalue weighted by Crippen LogP contribution is 2.65. The molecule has 222 valence electrons. The predicted molar refractivity (Wildman–Crippen MR) is 155 cm³/mol. The summed E-state index contributed by atoms with van der Waals surface area (Å²) in [5.74, 6) is -1.04. The number of nitrogens with zero attached hydrogens (tertiary/aromatic N) is 3. The van der Waals surface area contributed by atoms with E-state index in [2.05, 4.69) is 29.5 Å². The van der Waals surface area contributed by atoms with Crippen molar-refractivity contribution >= 4 is 51.0 Å². The number of Topliss-reactive ketones (excluding diaryl/α,β-unsaturated/α-hetero) is 1. The first-order chi connectivity index (χ1) is 20.1. The Bertz CT molecular complexity index is 1450. The minimum absolute atomic E-state index is 0.0160. The molecule has 4 amide bonds. The molecular weight excluding hydrogens is 554 g/mol. The topological polar surface area (TPSA) is 129 Å². The number of fused-ring (bicyclic) bond motifs is 2. The molecule has 2 N–H and O–H groups in total. The molecule has 42 heavy (non-hydrogen) atoms. The van der Waals surface area contributed by atoms with Crippen LogP contribution in [0.25, 0.3) is 10.2 Å². The van der Waals surface area contributed by atoms with E-state index in [-0.39, 0.29) is 65.4 Å². The summed E-state index contributed by atoms with van der Waals surface area (Å²) >= 11 is 1.28. The van der Waals surface area contributed by atoms with Crippen LogP contribution in [0.3, 0.4) is 0 Å². The van der Waals surface area contributed by atoms with Crippen LogP contribution in [0.1, 0.15) is 55.8 Å². The fourth-order valence-electron chi connectivity index (χ4n) is 7.54. The van der Waals surface area contributed by atoms with Gasteiger partial charge in [-0.15, -0.1) is 11.3 Å². The second kappa shape index (κ2) is 10.1. The second-order valence-electron chi connectivity index (χ2n) is 13.5. The number of hydrogen-bond acceptors (Lipinski definition) is 7. The maximum atomic E-state index is 14.1. The molecule has 1 aromatic carbocycles. The molecule has 6 atom stereocenters. The third kappa shape index (κ3) is 4.79. The van der Waals surface area contributed by atoms with Gasteiger partial charge in [-0.3, -0.25) is 24.0 Å². The van der Waals surface area contributed by atoms with Gasteiger partial charge in [0.2, 0.25) is 29.4 Å². The smallest absolute Gasteiger partial charge is 0.243 e. The van der Waals surface area contributed by atoms with Gasteiger partial charge in [0.25, 0.3) is 0 Å². The molecule has 10 nitrogen and oxygen atoms in total. The Balaban J connectivity index is 1.12. The van der Waals surface area contributed by atoms with Crippen molar-refractivity contribution in [3.63, 3.8) is 0 Å². The highest BCUT2D eigenvalue weighted by molar-refractivity contribution is 7.20. The maximum Gasteiger partial charge on any atom is 0.243 e. The fourth-order valence-corrected chi connectivity index (χ4v) is 8.50. The molecule has 2 aliphatic carbocycles. The molecule has 3 saturated heterocycles. The molecular formula is C31H37N5O5S. The zero-order chi connectivity index (χ0) is 29.3. The molecule has 2 saturated carbocycles. The van der Waals surface area contributed by atoms with E-state index in [1.54, 1.807) is 4.90 Å². The molecule has 0 bridgehead atoms. The van der Waals surface area contributed by atoms with Crippen LogP contribution in [0.2, 0.25) is 0 Å². The highest BCUT2D eigenvalue weighted by atomic mass is 32.1. The van der Waals surface area contributed by atoms with E-state index in [0.717, 1.165) is 24.1 Å². The fraction of sp³-hybridized carbons (Fsp3) is 0.613. The van der Waals surface area contributed by atoms with Crippen molar-refractivity contribution in [3.8, 4) is 0 Å². The monoisotopic (exact) mass is 591 g/mol. The molecule has 0 radical (unpaired) electrons. The van der Waals surface area contributed by atoms with Crippen molar-refractivity contribution in [2.75, 3.05) is 26.2 Å². The Kier molecular flexibility index (Phi) is 6.64. The van der Waals surface area contributed by atoms with Gasteiger partial charge < -0.3 is 20.4 Å². The van der Waals surface area contributed by atoms with Gasteiger partial charge in [-0.2, -0.15) is 0 Å². The molecule has 11 heteroatoms. The van der Waals surface area contributed by atoms with E-state index in [4.69, 9.17) is 0 Å². The first-order valence-corrected chi connectivity index (χ1v) is 16.0. The van der Waals surface area contributed by atoms with Gasteiger partial charge in [0.15, 0.2) is 5.01 Å². The van der Waals surface area contributed by atoms with E-state index in [9.17, 15) is 24.0 Å². The quantitative estimate of drug-likeness (QED) is 0.431. The van der Waals surface area contributed by atoms with Gasteiger partial charge in [0.1, 0.15) is 6.04 Å². The van der Waals surface area contributed by atoms with Crippen LogP contribution in [0, 0.1) is 35.0 Å². The summed E-state index contributed by atoms with van der Waals surface area (Å²) in [6.45, 7) is 6.38. The number of piperidine rings is 1. The van der Waals surface area contributed by atoms with Crippen LogP contribution in [0.5, 0.6) is 0 Å². The lowest BCUT2D eigenvalue weighted by Gasteiger charge is -2.33. The molecule has 0 spiro atoms. The van der Waals surface area contributed by atoms with Crippen LogP contribution in [-0.2, 0) is 19.2 Å². The van der Waals surface area contributed by atoms with Crippen LogP contribution < -0.4 is 10.6 Å². The van der Waals surface area contributed by atoms with Crippen molar-refractivity contribution in [2.45, 2.75) is 58.0 Å². The Labute approximate surface area is 248 Å². The Hall–Kier alpha value is -3.34. The number of carbonyl (C=O) groups excluding carboxylic acids is 5. The normalized spacial score (nSPS) is 30.4. The van der Waals surface area contributed by atoms with Gasteiger partial charge in [0, 0.05) is 38.5 Å². The number of ketones is 1. The number of carbonyl (C=O) groups is 5. The first-order valence-electron chi connectivity index (χ1n) is 15.2. The molecule has 5 fully saturated rings. The number of nitrogens with one attached hydrogen (secondary N) is 2. The van der Waals surface area contributed by atoms with Crippen LogP contribution >= 0.6 is 11.3 Å². The van der Waals surface area contributed by atoms with Crippen LogP contribution in [0.4, 0.5) is 0 Å². The van der Waals surface area contributed by atoms with Crippen molar-refractivity contribution in [3.05, 3.63) is 29.3 Å². The summed E-state index contributed by atoms with van der Waals surface area (Å²) in [4.78, 5) is 74.9. The van der Waals surface area contributed by atoms with Crippen molar-refractivity contribution in [2.24, 2.45) is 35.0 Å². The van der Waals surface area contributed by atoms with Crippen LogP contribution in [-0.4, -0.2) is 82.5 Å². The van der Waals surface area contributed by atoms with Crippen molar-refractivity contribution in [1.29, 1.82) is 0 Å². The molecule has 7 rings (SSSR count). The number of aromatic nitrogens is 1. The lowest BCUT2D eigenvalue weighted by atomic mass is 9.94. The third-order valence-electron chi connectivity index (χ3n) is 10.3. The lowest BCUT2D eigenvalue weighted by Crippen LogP contribution is -2.55. The van der Waals surface area contributed by atoms with E-state index in [1.165, 1.54) is 11.3 Å². The summed E-state index contributed by atoms with van der Waals surface area (Å²) in [6, 6.07) is 5.84. The zero-order valence-corrected chi connectivity index (χ0v) is 24.8. The number of para-hydroxylation sites is 1. The third-order valence-corrected chi connectivity index (χ3v) is 11.4. The standard InChI is InChI=1S/C31H37N5O5S/c1-31(2)19-15-36(30(41)18-12-23(37)35(14-18)13-16-7-8-16)25(24(19)31)28(40)33-21(11-17-9-10-32-27(17)39)26(38)29-34-20-5-3-4-6-22(20)42-29/h3-6,16-19,21,24-25H,7-15H2,1-2H3,(H,32,39)(H,33,40)/t17-,18+,19?,21-,24?,25?/m0/s1. The zero-order valence-electron chi connectivity index (χ0n) is 24.0. The van der Waals surface area contributed by atoms with Gasteiger partial charge in [-0.05, 0) is 61.0 Å². The number of benzene rings is 1. The average molecular weight is 592 g/mol. The highest BCUT2D eigenvalue weighted by Gasteiger charge is 2.69. The molecule has 5 aliphatic rings. The van der Waals surface area contributed by atoms with E-state index in [1.807, 2.05) is 29.2 Å². The average Bonchev–Trinajstić information content (AvgIpc) is 3.49. The van der Waals surface area contributed by atoms with Crippen molar-refractivity contribution < 1.29 is 24.0 Å². The number of amides is 4. The SMILES string of the molecule is CC1(C)C2CN(C(=O)[C@@H]3CC(=O)N(CC4CC4)C3)C(C(=O)N[C@@H](C[C@@H]3CCNC3=O)C(=O)c3nc4ccccc4s3)C21. The molecule has 1 aromatic heterocycles. The summed E-state index contributed by atoms with van der Waals surface area (Å²) in [7, 11) is 0. The Morgan fingerprint density at radius 1 is 1.14 bits per heavy atom. The number of likely N-dealkylation sites (tertiary alicyclic amines) is 2. The Morgan fingerprint density at radius 2 is 1.93 bits per heavy atom. The van der Waals surface area contributed by atoms with E-state index in [0.29, 0.717) is 42.5 Å².